The summed E-state index contributed by atoms with van der Waals surface area (Å²) >= 11 is 0. The van der Waals surface area contributed by atoms with Gasteiger partial charge in [0.1, 0.15) is 11.3 Å². The first-order chi connectivity index (χ1) is 10.5. The number of unbranched alkanes of at least 4 members (excludes halogenated alkanes) is 8. The van der Waals surface area contributed by atoms with E-state index in [2.05, 4.69) is 6.92 Å². The lowest BCUT2D eigenvalue weighted by Crippen LogP contribution is -2.30. The maximum atomic E-state index is 12.1. The van der Waals surface area contributed by atoms with Crippen molar-refractivity contribution in [1.82, 2.24) is 4.90 Å². The third kappa shape index (κ3) is 5.15. The van der Waals surface area contributed by atoms with Crippen molar-refractivity contribution >= 4 is 11.7 Å². The molecule has 1 atom stereocenters. The Morgan fingerprint density at radius 1 is 1.05 bits per heavy atom. The van der Waals surface area contributed by atoms with Crippen molar-refractivity contribution in [2.75, 3.05) is 7.05 Å². The van der Waals surface area contributed by atoms with Crippen LogP contribution >= 0.6 is 0 Å². The second-order valence-electron chi connectivity index (χ2n) is 6.35. The maximum absolute atomic E-state index is 12.1. The largest absolute Gasteiger partial charge is 0.509 e. The van der Waals surface area contributed by atoms with Crippen molar-refractivity contribution in [3.05, 3.63) is 11.3 Å². The number of rotatable bonds is 11. The van der Waals surface area contributed by atoms with Crippen molar-refractivity contribution in [2.45, 2.75) is 84.1 Å². The molecule has 4 nitrogen and oxygen atoms in total. The molecule has 0 aliphatic carbocycles. The van der Waals surface area contributed by atoms with E-state index in [1.807, 2.05) is 0 Å². The number of carbonyl (C=O) groups is 2. The first kappa shape index (κ1) is 18.7. The number of aliphatic hydroxyl groups excluding tert-OH is 1. The van der Waals surface area contributed by atoms with Crippen LogP contribution in [0.3, 0.4) is 0 Å². The molecule has 0 aromatic rings. The minimum Gasteiger partial charge on any atom is -0.509 e. The molecule has 126 valence electrons. The summed E-state index contributed by atoms with van der Waals surface area (Å²) in [5, 5.41) is 9.91. The second-order valence-corrected chi connectivity index (χ2v) is 6.35. The summed E-state index contributed by atoms with van der Waals surface area (Å²) in [7, 11) is 1.61. The monoisotopic (exact) mass is 309 g/mol. The number of aliphatic hydroxyl groups is 1. The van der Waals surface area contributed by atoms with Gasteiger partial charge in [-0.25, -0.2) is 0 Å². The highest BCUT2D eigenvalue weighted by Gasteiger charge is 2.37. The lowest BCUT2D eigenvalue weighted by atomic mass is 10.0. The molecule has 1 aliphatic heterocycles. The molecule has 0 bridgehead atoms. The Balaban J connectivity index is 2.18. The fourth-order valence-corrected chi connectivity index (χ4v) is 2.84. The molecular weight excluding hydrogens is 278 g/mol. The maximum Gasteiger partial charge on any atom is 0.261 e. The lowest BCUT2D eigenvalue weighted by molar-refractivity contribution is -0.128. The molecule has 0 saturated heterocycles. The smallest absolute Gasteiger partial charge is 0.261 e. The van der Waals surface area contributed by atoms with Gasteiger partial charge in [-0.15, -0.1) is 0 Å². The van der Waals surface area contributed by atoms with Gasteiger partial charge in [0, 0.05) is 13.5 Å². The van der Waals surface area contributed by atoms with E-state index in [0.717, 1.165) is 19.3 Å². The summed E-state index contributed by atoms with van der Waals surface area (Å²) < 4.78 is 0. The van der Waals surface area contributed by atoms with E-state index in [-0.39, 0.29) is 29.1 Å². The van der Waals surface area contributed by atoms with Gasteiger partial charge < -0.3 is 10.0 Å². The molecule has 1 N–H and O–H groups in total. The van der Waals surface area contributed by atoms with Crippen LogP contribution in [0.25, 0.3) is 0 Å². The molecule has 22 heavy (non-hydrogen) atoms. The zero-order chi connectivity index (χ0) is 16.5. The Morgan fingerprint density at radius 2 is 1.55 bits per heavy atom. The number of ketones is 1. The highest BCUT2D eigenvalue weighted by molar-refractivity contribution is 6.21. The molecule has 1 unspecified atom stereocenters. The van der Waals surface area contributed by atoms with Crippen LogP contribution < -0.4 is 0 Å². The van der Waals surface area contributed by atoms with Gasteiger partial charge in [-0.3, -0.25) is 9.59 Å². The van der Waals surface area contributed by atoms with Gasteiger partial charge in [0.15, 0.2) is 5.78 Å². The Morgan fingerprint density at radius 3 is 2.00 bits per heavy atom. The summed E-state index contributed by atoms with van der Waals surface area (Å²) in [6.07, 6.45) is 11.1. The normalized spacial score (nSPS) is 18.4. The van der Waals surface area contributed by atoms with Crippen LogP contribution in [0.1, 0.15) is 78.1 Å². The molecule has 0 spiro atoms. The summed E-state index contributed by atoms with van der Waals surface area (Å²) in [5.41, 5.74) is 0.00886. The van der Waals surface area contributed by atoms with Crippen molar-refractivity contribution in [3.8, 4) is 0 Å². The summed E-state index contributed by atoms with van der Waals surface area (Å²) in [6.45, 7) is 3.95. The minimum absolute atomic E-state index is 0.00886. The number of hydrogen-bond acceptors (Lipinski definition) is 3. The first-order valence-electron chi connectivity index (χ1n) is 8.74. The average Bonchev–Trinajstić information content (AvgIpc) is 2.69. The summed E-state index contributed by atoms with van der Waals surface area (Å²) in [6, 6.07) is -0.380. The minimum atomic E-state index is -0.380. The highest BCUT2D eigenvalue weighted by Crippen LogP contribution is 2.24. The van der Waals surface area contributed by atoms with E-state index < -0.39 is 0 Å². The van der Waals surface area contributed by atoms with E-state index in [1.165, 1.54) is 43.4 Å². The SMILES string of the molecule is CCCCCCCCCCCC(=O)C1=C(O)C(C)N(C)C1=O. The Bertz CT molecular complexity index is 415. The molecule has 1 heterocycles. The average molecular weight is 309 g/mol. The van der Waals surface area contributed by atoms with Crippen LogP contribution in [0.4, 0.5) is 0 Å². The van der Waals surface area contributed by atoms with Crippen LogP contribution in [-0.4, -0.2) is 34.8 Å². The van der Waals surface area contributed by atoms with E-state index >= 15 is 0 Å². The Kier molecular flexibility index (Phi) is 8.21. The van der Waals surface area contributed by atoms with E-state index in [9.17, 15) is 14.7 Å². The van der Waals surface area contributed by atoms with Gasteiger partial charge in [0.05, 0.1) is 6.04 Å². The van der Waals surface area contributed by atoms with Crippen LogP contribution in [0, 0.1) is 0 Å². The number of likely N-dealkylation sites (N-methyl/N-ethyl adjacent to an activating group) is 1. The fraction of sp³-hybridized carbons (Fsp3) is 0.778. The fourth-order valence-electron chi connectivity index (χ4n) is 2.84. The number of amides is 1. The molecule has 1 amide bonds. The molecular formula is C18H31NO3. The number of hydrogen-bond donors (Lipinski definition) is 1. The van der Waals surface area contributed by atoms with Crippen molar-refractivity contribution in [1.29, 1.82) is 0 Å². The lowest BCUT2D eigenvalue weighted by Gasteiger charge is -2.14. The van der Waals surface area contributed by atoms with Gasteiger partial charge in [-0.1, -0.05) is 58.3 Å². The summed E-state index contributed by atoms with van der Waals surface area (Å²) in [5.74, 6) is -0.610. The summed E-state index contributed by atoms with van der Waals surface area (Å²) in [4.78, 5) is 25.4. The second kappa shape index (κ2) is 9.65. The molecule has 1 aliphatic rings. The third-order valence-electron chi connectivity index (χ3n) is 4.55. The molecule has 0 fully saturated rings. The number of nitrogens with zero attached hydrogens (tertiary/aromatic N) is 1. The Labute approximate surface area is 134 Å². The molecule has 0 radical (unpaired) electrons. The standard InChI is InChI=1S/C18H31NO3/c1-4-5-6-7-8-9-10-11-12-13-15(20)16-17(21)14(2)19(3)18(16)22/h14,21H,4-13H2,1-3H3. The zero-order valence-corrected chi connectivity index (χ0v) is 14.4. The predicted molar refractivity (Wildman–Crippen MR) is 88.7 cm³/mol. The van der Waals surface area contributed by atoms with E-state index in [0.29, 0.717) is 6.42 Å². The van der Waals surface area contributed by atoms with Gasteiger partial charge in [0.25, 0.3) is 5.91 Å². The molecule has 0 aromatic heterocycles. The van der Waals surface area contributed by atoms with Crippen molar-refractivity contribution in [2.24, 2.45) is 0 Å². The quantitative estimate of drug-likeness (QED) is 0.461. The van der Waals surface area contributed by atoms with Crippen molar-refractivity contribution in [3.63, 3.8) is 0 Å². The molecule has 1 rings (SSSR count). The molecule has 4 heteroatoms. The van der Waals surface area contributed by atoms with Crippen LogP contribution in [0.2, 0.25) is 0 Å². The van der Waals surface area contributed by atoms with Crippen molar-refractivity contribution < 1.29 is 14.7 Å². The van der Waals surface area contributed by atoms with E-state index in [4.69, 9.17) is 0 Å². The van der Waals surface area contributed by atoms with E-state index in [1.54, 1.807) is 14.0 Å². The van der Waals surface area contributed by atoms with Gasteiger partial charge in [0.2, 0.25) is 0 Å². The first-order valence-corrected chi connectivity index (χ1v) is 8.74. The molecule has 0 aromatic carbocycles. The van der Waals surface area contributed by atoms with Gasteiger partial charge in [-0.05, 0) is 13.3 Å². The molecule has 0 saturated carbocycles. The van der Waals surface area contributed by atoms with Crippen LogP contribution in [0.5, 0.6) is 0 Å². The van der Waals surface area contributed by atoms with Gasteiger partial charge in [-0.2, -0.15) is 0 Å². The van der Waals surface area contributed by atoms with Gasteiger partial charge >= 0.3 is 0 Å². The topological polar surface area (TPSA) is 57.6 Å². The number of carbonyl (C=O) groups excluding carboxylic acids is 2. The van der Waals surface area contributed by atoms with Crippen LogP contribution in [-0.2, 0) is 9.59 Å². The third-order valence-corrected chi connectivity index (χ3v) is 4.55. The van der Waals surface area contributed by atoms with Crippen LogP contribution in [0.15, 0.2) is 11.3 Å². The zero-order valence-electron chi connectivity index (χ0n) is 14.4. The Hall–Kier alpha value is -1.32. The highest BCUT2D eigenvalue weighted by atomic mass is 16.3. The number of Topliss-reactive ketones (excluding diaryl/α,β-unsaturated/α-hetero) is 1. The predicted octanol–water partition coefficient (Wildman–Crippen LogP) is 4.15.